The molecule has 4 N–H and O–H groups in total. The highest BCUT2D eigenvalue weighted by Crippen LogP contribution is 2.40. The summed E-state index contributed by atoms with van der Waals surface area (Å²) < 4.78 is 0. The predicted octanol–water partition coefficient (Wildman–Crippen LogP) is 4.81. The van der Waals surface area contributed by atoms with Crippen molar-refractivity contribution in [1.82, 2.24) is 20.9 Å². The number of halogens is 1. The van der Waals surface area contributed by atoms with Gasteiger partial charge < -0.3 is 26.0 Å². The number of hydrogen-bond acceptors (Lipinski definition) is 4. The van der Waals surface area contributed by atoms with Gasteiger partial charge in [0.2, 0.25) is 5.91 Å². The van der Waals surface area contributed by atoms with Crippen LogP contribution in [0.5, 0.6) is 0 Å². The van der Waals surface area contributed by atoms with E-state index >= 15 is 0 Å². The Hall–Kier alpha value is -1.83. The average molecular weight is 535 g/mol. The number of urea groups is 1. The first kappa shape index (κ1) is 29.7. The molecule has 3 amide bonds. The van der Waals surface area contributed by atoms with Crippen molar-refractivity contribution in [3.05, 3.63) is 34.9 Å². The number of aliphatic hydroxyl groups is 1. The molecule has 0 bridgehead atoms. The molecule has 3 atom stereocenters. The van der Waals surface area contributed by atoms with Gasteiger partial charge in [-0.2, -0.15) is 0 Å². The van der Waals surface area contributed by atoms with Crippen molar-refractivity contribution in [2.75, 3.05) is 33.2 Å². The fourth-order valence-electron chi connectivity index (χ4n) is 6.23. The maximum absolute atomic E-state index is 13.4. The summed E-state index contributed by atoms with van der Waals surface area (Å²) in [5.74, 6) is 0.536. The Morgan fingerprint density at radius 1 is 1.19 bits per heavy atom. The highest BCUT2D eigenvalue weighted by molar-refractivity contribution is 6.30. The van der Waals surface area contributed by atoms with Crippen LogP contribution in [0.15, 0.2) is 24.3 Å². The standard InChI is InChI=1S/C29H47ClN4O3/c1-3-32-27(35)15-8-16-29(37,23-12-7-14-25(30)19-23)24-13-9-17-34(21-24)28(36)33-26(20-31-2)18-22-10-5-4-6-11-22/h7,12,14,19,22,24,26,31,37H,3-6,8-11,13,15-18,20-21H2,1-2H3,(H,32,35)(H,33,36)/t24-,26+,29-/m1/s1. The molecule has 1 heterocycles. The third kappa shape index (κ3) is 8.86. The van der Waals surface area contributed by atoms with Crippen LogP contribution in [-0.4, -0.2) is 61.2 Å². The number of likely N-dealkylation sites (tertiary alicyclic amines) is 1. The molecular formula is C29H47ClN4O3. The van der Waals surface area contributed by atoms with Crippen molar-refractivity contribution in [1.29, 1.82) is 0 Å². The van der Waals surface area contributed by atoms with Crippen LogP contribution in [0.2, 0.25) is 5.02 Å². The van der Waals surface area contributed by atoms with E-state index < -0.39 is 5.60 Å². The van der Waals surface area contributed by atoms with E-state index in [0.29, 0.717) is 49.8 Å². The van der Waals surface area contributed by atoms with Crippen LogP contribution >= 0.6 is 11.6 Å². The van der Waals surface area contributed by atoms with E-state index in [2.05, 4.69) is 16.0 Å². The molecule has 1 aliphatic carbocycles. The van der Waals surface area contributed by atoms with E-state index in [1.54, 1.807) is 6.07 Å². The van der Waals surface area contributed by atoms with Gasteiger partial charge in [-0.25, -0.2) is 4.79 Å². The molecule has 0 aromatic heterocycles. The summed E-state index contributed by atoms with van der Waals surface area (Å²) in [5.41, 5.74) is -0.406. The highest BCUT2D eigenvalue weighted by Gasteiger charge is 2.41. The van der Waals surface area contributed by atoms with Crippen LogP contribution in [0.1, 0.15) is 83.1 Å². The van der Waals surface area contributed by atoms with E-state index in [-0.39, 0.29) is 23.9 Å². The monoisotopic (exact) mass is 534 g/mol. The first-order valence-electron chi connectivity index (χ1n) is 14.3. The Kier molecular flexibility index (Phi) is 12.0. The second kappa shape index (κ2) is 14.9. The van der Waals surface area contributed by atoms with Gasteiger partial charge in [0.05, 0.1) is 5.60 Å². The lowest BCUT2D eigenvalue weighted by atomic mass is 9.74. The number of nitrogens with zero attached hydrogens (tertiary/aromatic N) is 1. The number of amides is 3. The topological polar surface area (TPSA) is 93.7 Å². The molecule has 1 saturated heterocycles. The molecule has 8 heteroatoms. The van der Waals surface area contributed by atoms with E-state index in [9.17, 15) is 14.7 Å². The zero-order valence-electron chi connectivity index (χ0n) is 22.7. The number of piperidine rings is 1. The van der Waals surface area contributed by atoms with Gasteiger partial charge in [0.15, 0.2) is 0 Å². The Morgan fingerprint density at radius 3 is 2.68 bits per heavy atom. The molecular weight excluding hydrogens is 488 g/mol. The maximum Gasteiger partial charge on any atom is 0.317 e. The Bertz CT molecular complexity index is 863. The van der Waals surface area contributed by atoms with E-state index in [1.165, 1.54) is 32.1 Å². The zero-order chi connectivity index (χ0) is 26.7. The molecule has 37 heavy (non-hydrogen) atoms. The SMILES string of the molecule is CCNC(=O)CCC[C@@](O)(c1cccc(Cl)c1)[C@@H]1CCCN(C(=O)N[C@H](CNC)CC2CCCCC2)C1. The van der Waals surface area contributed by atoms with Gasteiger partial charge in [-0.05, 0) is 69.7 Å². The lowest BCUT2D eigenvalue weighted by Crippen LogP contribution is -2.54. The summed E-state index contributed by atoms with van der Waals surface area (Å²) in [6.07, 6.45) is 10.4. The number of likely N-dealkylation sites (N-methyl/N-ethyl adjacent to an activating group) is 1. The first-order valence-corrected chi connectivity index (χ1v) is 14.7. The van der Waals surface area contributed by atoms with Gasteiger partial charge >= 0.3 is 6.03 Å². The summed E-state index contributed by atoms with van der Waals surface area (Å²) in [6, 6.07) is 7.44. The van der Waals surface area contributed by atoms with Crippen LogP contribution in [0, 0.1) is 11.8 Å². The van der Waals surface area contributed by atoms with Gasteiger partial charge in [0.1, 0.15) is 0 Å². The molecule has 3 rings (SSSR count). The van der Waals surface area contributed by atoms with Gasteiger partial charge in [-0.1, -0.05) is 55.8 Å². The van der Waals surface area contributed by atoms with E-state index in [0.717, 1.165) is 31.4 Å². The number of benzene rings is 1. The number of hydrogen-bond donors (Lipinski definition) is 4. The third-order valence-electron chi connectivity index (χ3n) is 8.16. The van der Waals surface area contributed by atoms with Crippen molar-refractivity contribution in [2.45, 2.75) is 89.2 Å². The van der Waals surface area contributed by atoms with Crippen molar-refractivity contribution in [3.8, 4) is 0 Å². The molecule has 2 fully saturated rings. The van der Waals surface area contributed by atoms with Crippen molar-refractivity contribution >= 4 is 23.5 Å². The Morgan fingerprint density at radius 2 is 1.97 bits per heavy atom. The molecule has 2 aliphatic rings. The third-order valence-corrected chi connectivity index (χ3v) is 8.40. The molecule has 0 radical (unpaired) electrons. The summed E-state index contributed by atoms with van der Waals surface area (Å²) in [4.78, 5) is 27.3. The van der Waals surface area contributed by atoms with E-state index in [4.69, 9.17) is 11.6 Å². The van der Waals surface area contributed by atoms with Crippen LogP contribution in [0.4, 0.5) is 4.79 Å². The second-order valence-corrected chi connectivity index (χ2v) is 11.4. The minimum absolute atomic E-state index is 0.00543. The molecule has 1 aromatic rings. The van der Waals surface area contributed by atoms with Gasteiger partial charge in [0, 0.05) is 49.6 Å². The fourth-order valence-corrected chi connectivity index (χ4v) is 6.42. The van der Waals surface area contributed by atoms with Crippen LogP contribution in [0.3, 0.4) is 0 Å². The van der Waals surface area contributed by atoms with Gasteiger partial charge in [-0.3, -0.25) is 4.79 Å². The van der Waals surface area contributed by atoms with Crippen LogP contribution < -0.4 is 16.0 Å². The number of nitrogens with one attached hydrogen (secondary N) is 3. The summed E-state index contributed by atoms with van der Waals surface area (Å²) in [6.45, 7) is 4.41. The molecule has 1 aromatic carbocycles. The summed E-state index contributed by atoms with van der Waals surface area (Å²) in [7, 11) is 1.93. The van der Waals surface area contributed by atoms with Gasteiger partial charge in [0.25, 0.3) is 0 Å². The van der Waals surface area contributed by atoms with Crippen LogP contribution in [0.25, 0.3) is 0 Å². The predicted molar refractivity (Wildman–Crippen MR) is 150 cm³/mol. The first-order chi connectivity index (χ1) is 17.9. The molecule has 0 unspecified atom stereocenters. The minimum Gasteiger partial charge on any atom is -0.385 e. The molecule has 1 aliphatic heterocycles. The second-order valence-electron chi connectivity index (χ2n) is 11.0. The van der Waals surface area contributed by atoms with Crippen molar-refractivity contribution in [3.63, 3.8) is 0 Å². The number of rotatable bonds is 12. The molecule has 0 spiro atoms. The van der Waals surface area contributed by atoms with Crippen molar-refractivity contribution < 1.29 is 14.7 Å². The van der Waals surface area contributed by atoms with Crippen LogP contribution in [-0.2, 0) is 10.4 Å². The van der Waals surface area contributed by atoms with Gasteiger partial charge in [-0.15, -0.1) is 0 Å². The molecule has 1 saturated carbocycles. The largest absolute Gasteiger partial charge is 0.385 e. The fraction of sp³-hybridized carbons (Fsp3) is 0.724. The van der Waals surface area contributed by atoms with E-state index in [1.807, 2.05) is 37.1 Å². The van der Waals surface area contributed by atoms with Crippen molar-refractivity contribution in [2.24, 2.45) is 11.8 Å². The molecule has 7 nitrogen and oxygen atoms in total. The lowest BCUT2D eigenvalue weighted by Gasteiger charge is -2.43. The quantitative estimate of drug-likeness (QED) is 0.309. The maximum atomic E-state index is 13.4. The lowest BCUT2D eigenvalue weighted by molar-refractivity contribution is -0.121. The number of carbonyl (C=O) groups excluding carboxylic acids is 2. The summed E-state index contributed by atoms with van der Waals surface area (Å²) in [5, 5.41) is 22.0. The highest BCUT2D eigenvalue weighted by atomic mass is 35.5. The molecule has 208 valence electrons. The average Bonchev–Trinajstić information content (AvgIpc) is 2.89. The smallest absolute Gasteiger partial charge is 0.317 e. The summed E-state index contributed by atoms with van der Waals surface area (Å²) >= 11 is 6.31. The normalized spacial score (nSPS) is 21.2. The Balaban J connectivity index is 1.69. The number of carbonyl (C=O) groups is 2. The zero-order valence-corrected chi connectivity index (χ0v) is 23.5. The minimum atomic E-state index is -1.16. The Labute approximate surface area is 228 Å².